The van der Waals surface area contributed by atoms with Crippen molar-refractivity contribution >= 4 is 5.78 Å². The Bertz CT molecular complexity index is 358. The monoisotopic (exact) mass is 207 g/mol. The zero-order valence-corrected chi connectivity index (χ0v) is 9.02. The average molecular weight is 207 g/mol. The van der Waals surface area contributed by atoms with E-state index in [0.29, 0.717) is 18.2 Å². The van der Waals surface area contributed by atoms with Crippen molar-refractivity contribution in [2.24, 2.45) is 24.6 Å². The summed E-state index contributed by atoms with van der Waals surface area (Å²) in [5, 5.41) is 4.02. The lowest BCUT2D eigenvalue weighted by Gasteiger charge is -2.16. The molecule has 82 valence electrons. The van der Waals surface area contributed by atoms with Crippen molar-refractivity contribution in [1.82, 2.24) is 9.78 Å². The van der Waals surface area contributed by atoms with E-state index in [2.05, 4.69) is 5.10 Å². The number of carbonyl (C=O) groups is 1. The molecule has 0 aromatic carbocycles. The van der Waals surface area contributed by atoms with Crippen molar-refractivity contribution in [3.8, 4) is 0 Å². The number of hydrogen-bond acceptors (Lipinski definition) is 3. The summed E-state index contributed by atoms with van der Waals surface area (Å²) >= 11 is 0. The summed E-state index contributed by atoms with van der Waals surface area (Å²) in [5.41, 5.74) is 6.39. The molecule has 1 heterocycles. The maximum Gasteiger partial charge on any atom is 0.184 e. The summed E-state index contributed by atoms with van der Waals surface area (Å²) in [5.74, 6) is 0.695. The third-order valence-corrected chi connectivity index (χ3v) is 3.37. The van der Waals surface area contributed by atoms with Gasteiger partial charge in [-0.3, -0.25) is 9.48 Å². The van der Waals surface area contributed by atoms with Gasteiger partial charge in [-0.25, -0.2) is 0 Å². The lowest BCUT2D eigenvalue weighted by Crippen LogP contribution is -2.26. The van der Waals surface area contributed by atoms with E-state index >= 15 is 0 Å². The fourth-order valence-corrected chi connectivity index (χ4v) is 2.47. The van der Waals surface area contributed by atoms with Gasteiger partial charge in [-0.2, -0.15) is 5.10 Å². The third-order valence-electron chi connectivity index (χ3n) is 3.37. The molecule has 1 aromatic heterocycles. The second-order valence-electron chi connectivity index (χ2n) is 4.24. The molecule has 0 radical (unpaired) electrons. The predicted molar refractivity (Wildman–Crippen MR) is 57.4 cm³/mol. The number of hydrogen-bond donors (Lipinski definition) is 1. The van der Waals surface area contributed by atoms with Gasteiger partial charge >= 0.3 is 0 Å². The highest BCUT2D eigenvalue weighted by Gasteiger charge is 2.33. The van der Waals surface area contributed by atoms with Crippen LogP contribution < -0.4 is 5.73 Å². The molecular weight excluding hydrogens is 190 g/mol. The van der Waals surface area contributed by atoms with Crippen LogP contribution in [0, 0.1) is 11.8 Å². The van der Waals surface area contributed by atoms with E-state index in [1.807, 2.05) is 0 Å². The van der Waals surface area contributed by atoms with Crippen LogP contribution in [-0.4, -0.2) is 22.1 Å². The molecule has 4 heteroatoms. The normalized spacial score (nSPS) is 25.7. The summed E-state index contributed by atoms with van der Waals surface area (Å²) in [6.45, 7) is 0.619. The number of ketones is 1. The Morgan fingerprint density at radius 1 is 1.67 bits per heavy atom. The summed E-state index contributed by atoms with van der Waals surface area (Å²) in [7, 11) is 1.81. The average Bonchev–Trinajstić information content (AvgIpc) is 2.84. The molecule has 15 heavy (non-hydrogen) atoms. The molecule has 1 fully saturated rings. The zero-order chi connectivity index (χ0) is 10.8. The highest BCUT2D eigenvalue weighted by atomic mass is 16.1. The van der Waals surface area contributed by atoms with Gasteiger partial charge in [0.25, 0.3) is 0 Å². The Kier molecular flexibility index (Phi) is 2.86. The predicted octanol–water partition coefficient (Wildman–Crippen LogP) is 0.978. The van der Waals surface area contributed by atoms with Crippen LogP contribution in [0.4, 0.5) is 0 Å². The van der Waals surface area contributed by atoms with Gasteiger partial charge in [0.05, 0.1) is 0 Å². The van der Waals surface area contributed by atoms with Crippen LogP contribution in [0.1, 0.15) is 29.8 Å². The molecule has 4 nitrogen and oxygen atoms in total. The standard InChI is InChI=1S/C11H17N3O/c1-14-10(5-6-13-14)11(15)9-4-2-3-8(9)7-12/h5-6,8-9H,2-4,7,12H2,1H3. The van der Waals surface area contributed by atoms with Gasteiger partial charge in [-0.05, 0) is 31.4 Å². The third kappa shape index (κ3) is 1.81. The van der Waals surface area contributed by atoms with E-state index in [4.69, 9.17) is 5.73 Å². The minimum Gasteiger partial charge on any atom is -0.330 e. The van der Waals surface area contributed by atoms with Crippen molar-refractivity contribution < 1.29 is 4.79 Å². The van der Waals surface area contributed by atoms with E-state index in [0.717, 1.165) is 19.3 Å². The molecule has 2 atom stereocenters. The van der Waals surface area contributed by atoms with Gasteiger partial charge in [0, 0.05) is 19.2 Å². The summed E-state index contributed by atoms with van der Waals surface area (Å²) < 4.78 is 1.65. The van der Waals surface area contributed by atoms with Crippen LogP contribution in [0.15, 0.2) is 12.3 Å². The Balaban J connectivity index is 2.18. The van der Waals surface area contributed by atoms with Crippen LogP contribution in [0.25, 0.3) is 0 Å². The van der Waals surface area contributed by atoms with Crippen LogP contribution >= 0.6 is 0 Å². The molecule has 0 saturated heterocycles. The minimum atomic E-state index is 0.116. The van der Waals surface area contributed by atoms with Crippen molar-refractivity contribution in [3.63, 3.8) is 0 Å². The molecule has 2 N–H and O–H groups in total. The fourth-order valence-electron chi connectivity index (χ4n) is 2.47. The van der Waals surface area contributed by atoms with Crippen LogP contribution in [0.2, 0.25) is 0 Å². The van der Waals surface area contributed by atoms with Crippen LogP contribution in [0.3, 0.4) is 0 Å². The first-order valence-electron chi connectivity index (χ1n) is 5.46. The number of carbonyl (C=O) groups excluding carboxylic acids is 1. The molecule has 0 aliphatic heterocycles. The Morgan fingerprint density at radius 2 is 2.47 bits per heavy atom. The van der Waals surface area contributed by atoms with Crippen molar-refractivity contribution in [1.29, 1.82) is 0 Å². The number of rotatable bonds is 3. The smallest absolute Gasteiger partial charge is 0.184 e. The van der Waals surface area contributed by atoms with Gasteiger partial charge in [0.15, 0.2) is 5.78 Å². The van der Waals surface area contributed by atoms with E-state index in [-0.39, 0.29) is 11.7 Å². The molecule has 1 aromatic rings. The molecule has 1 aliphatic rings. The molecule has 2 unspecified atom stereocenters. The Morgan fingerprint density at radius 3 is 3.07 bits per heavy atom. The number of nitrogens with two attached hydrogens (primary N) is 1. The number of Topliss-reactive ketones (excluding diaryl/α,β-unsaturated/α-hetero) is 1. The van der Waals surface area contributed by atoms with E-state index < -0.39 is 0 Å². The van der Waals surface area contributed by atoms with Crippen molar-refractivity contribution in [2.75, 3.05) is 6.54 Å². The van der Waals surface area contributed by atoms with Crippen molar-refractivity contribution in [2.45, 2.75) is 19.3 Å². The van der Waals surface area contributed by atoms with Gasteiger partial charge in [0.1, 0.15) is 5.69 Å². The van der Waals surface area contributed by atoms with Gasteiger partial charge in [-0.15, -0.1) is 0 Å². The van der Waals surface area contributed by atoms with Crippen molar-refractivity contribution in [3.05, 3.63) is 18.0 Å². The molecule has 0 amide bonds. The highest BCUT2D eigenvalue weighted by molar-refractivity contribution is 5.96. The molecule has 1 saturated carbocycles. The number of aromatic nitrogens is 2. The molecule has 1 aliphatic carbocycles. The summed E-state index contributed by atoms with van der Waals surface area (Å²) in [6, 6.07) is 1.79. The topological polar surface area (TPSA) is 60.9 Å². The summed E-state index contributed by atoms with van der Waals surface area (Å²) in [4.78, 5) is 12.2. The Hall–Kier alpha value is -1.16. The molecule has 0 spiro atoms. The zero-order valence-electron chi connectivity index (χ0n) is 9.02. The Labute approximate surface area is 89.5 Å². The van der Waals surface area contributed by atoms with Gasteiger partial charge in [-0.1, -0.05) is 6.42 Å². The SMILES string of the molecule is Cn1nccc1C(=O)C1CCCC1CN. The van der Waals surface area contributed by atoms with Crippen LogP contribution in [0.5, 0.6) is 0 Å². The first kappa shape index (κ1) is 10.4. The van der Waals surface area contributed by atoms with Crippen LogP contribution in [-0.2, 0) is 7.05 Å². The maximum atomic E-state index is 12.2. The number of aryl methyl sites for hydroxylation is 1. The largest absolute Gasteiger partial charge is 0.330 e. The number of nitrogens with zero attached hydrogens (tertiary/aromatic N) is 2. The molecular formula is C11H17N3O. The lowest BCUT2D eigenvalue weighted by atomic mass is 9.90. The summed E-state index contributed by atoms with van der Waals surface area (Å²) in [6.07, 6.45) is 4.85. The first-order chi connectivity index (χ1) is 7.24. The minimum absolute atomic E-state index is 0.116. The van der Waals surface area contributed by atoms with E-state index in [1.165, 1.54) is 0 Å². The lowest BCUT2D eigenvalue weighted by molar-refractivity contribution is 0.0883. The van der Waals surface area contributed by atoms with E-state index in [1.54, 1.807) is 24.0 Å². The highest BCUT2D eigenvalue weighted by Crippen LogP contribution is 2.33. The van der Waals surface area contributed by atoms with E-state index in [9.17, 15) is 4.79 Å². The molecule has 0 bridgehead atoms. The quantitative estimate of drug-likeness (QED) is 0.751. The fraction of sp³-hybridized carbons (Fsp3) is 0.636. The first-order valence-corrected chi connectivity index (χ1v) is 5.46. The second kappa shape index (κ2) is 4.14. The second-order valence-corrected chi connectivity index (χ2v) is 4.24. The van der Waals surface area contributed by atoms with Gasteiger partial charge < -0.3 is 5.73 Å². The molecule has 2 rings (SSSR count). The maximum absolute atomic E-state index is 12.2. The van der Waals surface area contributed by atoms with Gasteiger partial charge in [0.2, 0.25) is 0 Å².